The summed E-state index contributed by atoms with van der Waals surface area (Å²) >= 11 is 12.5. The van der Waals surface area contributed by atoms with E-state index in [1.165, 1.54) is 13.8 Å². The van der Waals surface area contributed by atoms with E-state index in [9.17, 15) is 97.6 Å². The number of nitrogens with two attached hydrogens (primary N) is 1. The van der Waals surface area contributed by atoms with E-state index >= 15 is 0 Å². The van der Waals surface area contributed by atoms with E-state index in [0.29, 0.717) is 35.9 Å². The van der Waals surface area contributed by atoms with E-state index in [4.69, 9.17) is 28.9 Å². The topological polar surface area (TPSA) is 626 Å². The zero-order valence-electron chi connectivity index (χ0n) is 49.2. The summed E-state index contributed by atoms with van der Waals surface area (Å²) in [6.07, 6.45) is 0. The van der Waals surface area contributed by atoms with Crippen molar-refractivity contribution in [1.29, 1.82) is 0 Å². The van der Waals surface area contributed by atoms with Crippen LogP contribution in [-0.4, -0.2) is 173 Å². The molecule has 1 fully saturated rings. The average molecular weight is 1520 g/mol. The number of fused-ring (bicyclic) bond motifs is 1. The number of aromatic nitrogens is 7. The minimum absolute atomic E-state index is 0.0226. The zero-order valence-corrected chi connectivity index (χ0v) is 55.6. The first-order valence-electron chi connectivity index (χ1n) is 26.8. The monoisotopic (exact) mass is 1510 g/mol. The van der Waals surface area contributed by atoms with Gasteiger partial charge in [0.2, 0.25) is 40.2 Å². The lowest BCUT2D eigenvalue weighted by Crippen LogP contribution is -2.48. The number of phenolic OH excluding ortho intramolecular Hbond substituents is 1. The molecule has 0 atom stereocenters. The van der Waals surface area contributed by atoms with Crippen molar-refractivity contribution >= 4 is 170 Å². The third kappa shape index (κ3) is 16.5. The average Bonchev–Trinajstić information content (AvgIpc) is 0.747. The largest absolute Gasteiger partial charge is 0.505 e. The number of nitrogens with zero attached hydrogens (tertiary/aromatic N) is 15. The number of hydrogen-bond donors (Lipinski definition) is 12. The molecule has 0 radical (unpaired) electrons. The first-order chi connectivity index (χ1) is 45.6. The molecule has 9 rings (SSSR count). The summed E-state index contributed by atoms with van der Waals surface area (Å²) in [5.41, 5.74) is -1.22. The van der Waals surface area contributed by atoms with E-state index in [1.54, 1.807) is 4.90 Å². The van der Waals surface area contributed by atoms with Crippen LogP contribution < -0.4 is 32.1 Å². The Labute approximate surface area is 561 Å². The Bertz CT molecular complexity index is 5520. The van der Waals surface area contributed by atoms with Crippen LogP contribution in [0.25, 0.3) is 10.8 Å². The van der Waals surface area contributed by atoms with Crippen molar-refractivity contribution in [3.05, 3.63) is 105 Å². The van der Waals surface area contributed by atoms with Crippen LogP contribution in [0, 0.1) is 6.92 Å². The van der Waals surface area contributed by atoms with E-state index in [2.05, 4.69) is 76.5 Å². The number of phenols is 1. The standard InChI is InChI=1S/C49H45Cl2N19O22S6/c1-3-70-42(73)36(41(52)72)22(2)37(43(70)74)66-65-31-20-30(33(95(81,82)83)21-34(31)96(84,85)86)55-47-57-44(50)56-46(60-47)53-12-13-68-14-16-69(17-15-68)49-59-45(51)58-48(61-49)54-29-11-9-26-27(40(29)98(90,91)92)19-35(97(87,88)89)38(39(26)71)67-64-28-10-6-24(18-32(28)94(78,79)80)63-62-23-4-7-25(8-5-23)93(75,76)77/h4-11,18-21,71,73H,3,12-17H2,1-2H3,(H2,52,72)(H,75,76,77)(H,78,79,80)(H,81,82,83)(H,84,85,86)(H,87,88,89)(H,90,91,92)(H,54,58,59,61)(H2,53,55,56,57,60). The van der Waals surface area contributed by atoms with Gasteiger partial charge in [-0.05, 0) is 110 Å². The molecule has 3 aromatic heterocycles. The number of piperazine rings is 1. The fourth-order valence-corrected chi connectivity index (χ4v) is 13.6. The second kappa shape index (κ2) is 27.7. The van der Waals surface area contributed by atoms with E-state index in [0.717, 1.165) is 54.6 Å². The molecule has 98 heavy (non-hydrogen) atoms. The van der Waals surface area contributed by atoms with Crippen molar-refractivity contribution in [3.8, 4) is 11.6 Å². The molecule has 41 nitrogen and oxygen atoms in total. The van der Waals surface area contributed by atoms with Crippen LogP contribution in [0.3, 0.4) is 0 Å². The molecule has 0 spiro atoms. The Morgan fingerprint density at radius 2 is 1.11 bits per heavy atom. The number of primary amides is 1. The summed E-state index contributed by atoms with van der Waals surface area (Å²) in [6.45, 7) is 3.79. The Hall–Kier alpha value is -9.60. The molecule has 0 unspecified atom stereocenters. The number of rotatable bonds is 23. The van der Waals surface area contributed by atoms with Crippen molar-refractivity contribution < 1.29 is 92.8 Å². The van der Waals surface area contributed by atoms with Crippen molar-refractivity contribution in [2.45, 2.75) is 49.8 Å². The van der Waals surface area contributed by atoms with Gasteiger partial charge in [0.1, 0.15) is 47.1 Å². The van der Waals surface area contributed by atoms with Crippen molar-refractivity contribution in [1.82, 2.24) is 39.4 Å². The van der Waals surface area contributed by atoms with Crippen LogP contribution in [0.15, 0.2) is 138 Å². The number of pyridine rings is 1. The van der Waals surface area contributed by atoms with Gasteiger partial charge < -0.3 is 36.8 Å². The van der Waals surface area contributed by atoms with Gasteiger partial charge in [-0.25, -0.2) is 0 Å². The Kier molecular flexibility index (Phi) is 20.6. The minimum atomic E-state index is -5.55. The fourth-order valence-electron chi connectivity index (χ4n) is 9.34. The van der Waals surface area contributed by atoms with Crippen LogP contribution in [0.4, 0.5) is 69.3 Å². The number of amides is 1. The van der Waals surface area contributed by atoms with Crippen LogP contribution >= 0.6 is 23.2 Å². The third-order valence-corrected chi connectivity index (χ3v) is 19.5. The number of nitrogens with one attached hydrogen (secondary N) is 3. The number of aromatic hydroxyl groups is 2. The summed E-state index contributed by atoms with van der Waals surface area (Å²) in [6, 6.07) is 10.4. The van der Waals surface area contributed by atoms with Crippen LogP contribution in [0.1, 0.15) is 22.8 Å². The molecule has 518 valence electrons. The molecule has 13 N–H and O–H groups in total. The van der Waals surface area contributed by atoms with Gasteiger partial charge in [-0.3, -0.25) is 46.4 Å². The second-order valence-corrected chi connectivity index (χ2v) is 29.1. The summed E-state index contributed by atoms with van der Waals surface area (Å²) in [5.74, 6) is -4.40. The number of anilines is 6. The summed E-state index contributed by atoms with van der Waals surface area (Å²) < 4.78 is 212. The first kappa shape index (κ1) is 72.7. The highest BCUT2D eigenvalue weighted by atomic mass is 35.5. The molecule has 5 aromatic carbocycles. The molecule has 0 aliphatic carbocycles. The molecule has 1 saturated heterocycles. The van der Waals surface area contributed by atoms with Crippen molar-refractivity contribution in [2.75, 3.05) is 60.1 Å². The Balaban J connectivity index is 0.902. The minimum Gasteiger partial charge on any atom is -0.505 e. The highest BCUT2D eigenvalue weighted by molar-refractivity contribution is 7.87. The van der Waals surface area contributed by atoms with Gasteiger partial charge in [-0.2, -0.15) is 90.6 Å². The maximum Gasteiger partial charge on any atom is 0.297 e. The molecule has 0 saturated carbocycles. The molecule has 8 aromatic rings. The van der Waals surface area contributed by atoms with Gasteiger partial charge in [-0.1, -0.05) is 0 Å². The van der Waals surface area contributed by atoms with E-state index < -0.39 is 186 Å². The van der Waals surface area contributed by atoms with Crippen molar-refractivity contribution in [3.63, 3.8) is 0 Å². The SMILES string of the molecule is CCn1c(O)c(C(N)=O)c(C)c(N=Nc2cc(Nc3nc(Cl)nc(NCCN4CCN(c5nc(Cl)nc(Nc6ccc7c(O)c(N=Nc8ccc(N=Nc9ccc(S(=O)(=O)O)cc9)cc8S(=O)(=O)O)c(S(=O)(=O)O)cc7c6S(=O)(=O)O)n5)CC4)n3)c(S(=O)(=O)O)cc2S(=O)(=O)O)c1=O. The lowest BCUT2D eigenvalue weighted by atomic mass is 10.1. The predicted octanol–water partition coefficient (Wildman–Crippen LogP) is 5.96. The molecule has 1 aliphatic heterocycles. The van der Waals surface area contributed by atoms with Gasteiger partial charge in [0, 0.05) is 62.1 Å². The molecule has 49 heteroatoms. The number of azo groups is 3. The van der Waals surface area contributed by atoms with Crippen molar-refractivity contribution in [2.24, 2.45) is 36.4 Å². The molecule has 1 aliphatic rings. The second-order valence-electron chi connectivity index (χ2n) is 20.1. The Morgan fingerprint density at radius 3 is 1.70 bits per heavy atom. The maximum atomic E-state index is 13.2. The van der Waals surface area contributed by atoms with E-state index in [1.807, 2.05) is 4.90 Å². The van der Waals surface area contributed by atoms with Gasteiger partial charge >= 0.3 is 0 Å². The third-order valence-electron chi connectivity index (χ3n) is 13.8. The van der Waals surface area contributed by atoms with Gasteiger partial charge in [-0.15, -0.1) is 20.5 Å². The molecule has 0 bridgehead atoms. The quantitative estimate of drug-likeness (QED) is 0.0259. The summed E-state index contributed by atoms with van der Waals surface area (Å²) in [4.78, 5) is 47.2. The highest BCUT2D eigenvalue weighted by Crippen LogP contribution is 2.46. The zero-order chi connectivity index (χ0) is 71.9. The molecular formula is C49H45Cl2N19O22S6. The predicted molar refractivity (Wildman–Crippen MR) is 341 cm³/mol. The number of carbonyl (C=O) groups excluding carboxylic acids is 1. The first-order valence-corrected chi connectivity index (χ1v) is 36.2. The molecule has 4 heterocycles. The Morgan fingerprint density at radius 1 is 0.561 bits per heavy atom. The molecule has 1 amide bonds. The number of benzene rings is 5. The maximum absolute atomic E-state index is 13.2. The van der Waals surface area contributed by atoms with Crippen LogP contribution in [-0.2, 0) is 67.3 Å². The van der Waals surface area contributed by atoms with Crippen LogP contribution in [0.2, 0.25) is 10.6 Å². The normalized spacial score (nSPS) is 13.9. The summed E-state index contributed by atoms with van der Waals surface area (Å²) in [5, 5.41) is 50.1. The number of hydrogen-bond acceptors (Lipinski definition) is 33. The lowest BCUT2D eigenvalue weighted by Gasteiger charge is -2.34. The highest BCUT2D eigenvalue weighted by Gasteiger charge is 2.31. The van der Waals surface area contributed by atoms with Crippen LogP contribution in [0.5, 0.6) is 11.6 Å². The fraction of sp³-hybridized carbons (Fsp3) is 0.184. The molecular weight excluding hydrogens is 1470 g/mol. The lowest BCUT2D eigenvalue weighted by molar-refractivity contribution is 0.0995. The summed E-state index contributed by atoms with van der Waals surface area (Å²) in [7, 11) is -31.6. The number of carbonyl (C=O) groups is 1. The number of halogens is 2. The van der Waals surface area contributed by atoms with Gasteiger partial charge in [0.25, 0.3) is 72.2 Å². The van der Waals surface area contributed by atoms with Gasteiger partial charge in [0.05, 0.1) is 27.6 Å². The van der Waals surface area contributed by atoms with Gasteiger partial charge in [0.15, 0.2) is 11.4 Å². The smallest absolute Gasteiger partial charge is 0.297 e. The van der Waals surface area contributed by atoms with E-state index in [-0.39, 0.29) is 61.6 Å².